The van der Waals surface area contributed by atoms with E-state index in [1.165, 1.54) is 4.90 Å². The highest BCUT2D eigenvalue weighted by molar-refractivity contribution is 5.80. The van der Waals surface area contributed by atoms with Crippen LogP contribution >= 0.6 is 0 Å². The predicted octanol–water partition coefficient (Wildman–Crippen LogP) is 2.59. The highest BCUT2D eigenvalue weighted by atomic mass is 16.5. The Morgan fingerprint density at radius 3 is 2.37 bits per heavy atom. The van der Waals surface area contributed by atoms with Crippen molar-refractivity contribution in [1.29, 1.82) is 0 Å². The van der Waals surface area contributed by atoms with Crippen molar-refractivity contribution in [2.24, 2.45) is 0 Å². The first-order chi connectivity index (χ1) is 13.0. The fraction of sp³-hybridized carbons (Fsp3) is 0.318. The Kier molecular flexibility index (Phi) is 5.81. The van der Waals surface area contributed by atoms with E-state index in [4.69, 9.17) is 13.9 Å². The van der Waals surface area contributed by atoms with Crippen LogP contribution in [0.3, 0.4) is 0 Å². The van der Waals surface area contributed by atoms with Gasteiger partial charge >= 0.3 is 5.63 Å². The summed E-state index contributed by atoms with van der Waals surface area (Å²) in [5, 5.41) is 0.999. The third-order valence-electron chi connectivity index (χ3n) is 4.75. The van der Waals surface area contributed by atoms with Gasteiger partial charge in [-0.1, -0.05) is 19.1 Å². The highest BCUT2D eigenvalue weighted by Crippen LogP contribution is 2.27. The van der Waals surface area contributed by atoms with Crippen LogP contribution in [0, 0.1) is 0 Å². The van der Waals surface area contributed by atoms with Crippen LogP contribution in [0.5, 0.6) is 11.5 Å². The van der Waals surface area contributed by atoms with Gasteiger partial charge in [-0.25, -0.2) is 4.79 Å². The molecule has 3 rings (SSSR count). The van der Waals surface area contributed by atoms with Crippen molar-refractivity contribution in [2.45, 2.75) is 26.4 Å². The molecular weight excluding hydrogens is 342 g/mol. The van der Waals surface area contributed by atoms with Crippen LogP contribution in [0.25, 0.3) is 11.0 Å². The molecule has 1 N–H and O–H groups in total. The zero-order valence-electron chi connectivity index (χ0n) is 16.3. The van der Waals surface area contributed by atoms with Crippen molar-refractivity contribution in [1.82, 2.24) is 0 Å². The zero-order valence-corrected chi connectivity index (χ0v) is 16.3. The molecule has 5 nitrogen and oxygen atoms in total. The van der Waals surface area contributed by atoms with E-state index < -0.39 is 0 Å². The maximum Gasteiger partial charge on any atom is 0.336 e. The van der Waals surface area contributed by atoms with Gasteiger partial charge in [0.15, 0.2) is 11.5 Å². The molecule has 2 aromatic carbocycles. The molecule has 5 heteroatoms. The van der Waals surface area contributed by atoms with Crippen LogP contribution in [0.2, 0.25) is 0 Å². The van der Waals surface area contributed by atoms with Gasteiger partial charge in [0.1, 0.15) is 18.7 Å². The Bertz CT molecular complexity index is 993. The standard InChI is InChI=1S/C22H25NO4/c1-5-15-6-8-18-17(12-22(24)27-20(18)10-15)14-23(2)13-16-7-9-19(25-3)21(11-16)26-4/h6-12H,5,13-14H2,1-4H3/p+1. The molecule has 0 saturated carbocycles. The summed E-state index contributed by atoms with van der Waals surface area (Å²) in [6, 6.07) is 13.7. The average molecular weight is 368 g/mol. The minimum Gasteiger partial charge on any atom is -0.493 e. The lowest BCUT2D eigenvalue weighted by Gasteiger charge is -2.16. The number of quaternary nitrogens is 1. The van der Waals surface area contributed by atoms with Gasteiger partial charge in [0, 0.05) is 22.6 Å². The molecule has 0 bridgehead atoms. The first-order valence-corrected chi connectivity index (χ1v) is 9.12. The molecule has 0 spiro atoms. The van der Waals surface area contributed by atoms with Gasteiger partial charge in [-0.15, -0.1) is 0 Å². The quantitative estimate of drug-likeness (QED) is 0.652. The molecule has 1 atom stereocenters. The normalized spacial score (nSPS) is 12.1. The number of hydrogen-bond donors (Lipinski definition) is 1. The number of methoxy groups -OCH3 is 2. The zero-order chi connectivity index (χ0) is 19.4. The van der Waals surface area contributed by atoms with E-state index in [2.05, 4.69) is 26.1 Å². The summed E-state index contributed by atoms with van der Waals surface area (Å²) in [7, 11) is 5.38. The molecular formula is C22H26NO4+. The predicted molar refractivity (Wildman–Crippen MR) is 106 cm³/mol. The van der Waals surface area contributed by atoms with E-state index in [9.17, 15) is 4.79 Å². The molecule has 0 radical (unpaired) electrons. The maximum atomic E-state index is 12.0. The molecule has 0 amide bonds. The van der Waals surface area contributed by atoms with E-state index in [0.717, 1.165) is 53.1 Å². The molecule has 0 aliphatic rings. The molecule has 0 saturated heterocycles. The number of rotatable bonds is 7. The summed E-state index contributed by atoms with van der Waals surface area (Å²) in [5.41, 5.74) is 3.67. The maximum absolute atomic E-state index is 12.0. The van der Waals surface area contributed by atoms with Crippen LogP contribution in [0.1, 0.15) is 23.6 Å². The third kappa shape index (κ3) is 4.31. The van der Waals surface area contributed by atoms with Crippen LogP contribution in [0.15, 0.2) is 51.7 Å². The third-order valence-corrected chi connectivity index (χ3v) is 4.75. The molecule has 0 fully saturated rings. The summed E-state index contributed by atoms with van der Waals surface area (Å²) >= 11 is 0. The Balaban J connectivity index is 1.84. The van der Waals surface area contributed by atoms with Gasteiger partial charge in [0.05, 0.1) is 21.3 Å². The first kappa shape index (κ1) is 19.0. The smallest absolute Gasteiger partial charge is 0.336 e. The Labute approximate surface area is 159 Å². The molecule has 1 aromatic heterocycles. The van der Waals surface area contributed by atoms with E-state index >= 15 is 0 Å². The summed E-state index contributed by atoms with van der Waals surface area (Å²) < 4.78 is 16.1. The van der Waals surface area contributed by atoms with Crippen molar-refractivity contribution in [3.63, 3.8) is 0 Å². The number of hydrogen-bond acceptors (Lipinski definition) is 4. The summed E-state index contributed by atoms with van der Waals surface area (Å²) in [6.45, 7) is 3.61. The number of nitrogens with one attached hydrogen (secondary N) is 1. The van der Waals surface area contributed by atoms with Gasteiger partial charge in [0.25, 0.3) is 0 Å². The molecule has 1 heterocycles. The second-order valence-electron chi connectivity index (χ2n) is 6.77. The fourth-order valence-corrected chi connectivity index (χ4v) is 3.37. The van der Waals surface area contributed by atoms with Crippen molar-refractivity contribution < 1.29 is 18.8 Å². The van der Waals surface area contributed by atoms with Crippen LogP contribution in [0.4, 0.5) is 0 Å². The molecule has 0 aliphatic carbocycles. The molecule has 27 heavy (non-hydrogen) atoms. The van der Waals surface area contributed by atoms with Gasteiger partial charge in [-0.2, -0.15) is 0 Å². The molecule has 1 unspecified atom stereocenters. The van der Waals surface area contributed by atoms with Gasteiger partial charge in [0.2, 0.25) is 0 Å². The lowest BCUT2D eigenvalue weighted by Crippen LogP contribution is -3.06. The average Bonchev–Trinajstić information content (AvgIpc) is 2.67. The molecule has 3 aromatic rings. The van der Waals surface area contributed by atoms with Gasteiger partial charge in [-0.05, 0) is 36.2 Å². The minimum absolute atomic E-state index is 0.301. The fourth-order valence-electron chi connectivity index (χ4n) is 3.37. The summed E-state index contributed by atoms with van der Waals surface area (Å²) in [6.07, 6.45) is 0.911. The lowest BCUT2D eigenvalue weighted by atomic mass is 10.1. The second-order valence-corrected chi connectivity index (χ2v) is 6.77. The van der Waals surface area contributed by atoms with Gasteiger partial charge < -0.3 is 18.8 Å². The topological polar surface area (TPSA) is 53.1 Å². The van der Waals surface area contributed by atoms with Crippen LogP contribution < -0.4 is 20.0 Å². The first-order valence-electron chi connectivity index (χ1n) is 9.12. The molecule has 142 valence electrons. The summed E-state index contributed by atoms with van der Waals surface area (Å²) in [4.78, 5) is 13.2. The summed E-state index contributed by atoms with van der Waals surface area (Å²) in [5.74, 6) is 1.44. The van der Waals surface area contributed by atoms with E-state index in [-0.39, 0.29) is 5.63 Å². The number of benzene rings is 2. The Morgan fingerprint density at radius 1 is 0.926 bits per heavy atom. The van der Waals surface area contributed by atoms with Crippen molar-refractivity contribution in [3.05, 3.63) is 69.6 Å². The Morgan fingerprint density at radius 2 is 1.67 bits per heavy atom. The van der Waals surface area contributed by atoms with Crippen molar-refractivity contribution >= 4 is 11.0 Å². The molecule has 0 aliphatic heterocycles. The SMILES string of the molecule is CCc1ccc2c(C[NH+](C)Cc3ccc(OC)c(OC)c3)cc(=O)oc2c1. The van der Waals surface area contributed by atoms with E-state index in [1.807, 2.05) is 24.3 Å². The number of fused-ring (bicyclic) bond motifs is 1. The van der Waals surface area contributed by atoms with Gasteiger partial charge in [-0.3, -0.25) is 0 Å². The second kappa shape index (κ2) is 8.27. The number of ether oxygens (including phenoxy) is 2. The lowest BCUT2D eigenvalue weighted by molar-refractivity contribution is -0.907. The highest BCUT2D eigenvalue weighted by Gasteiger charge is 2.13. The van der Waals surface area contributed by atoms with E-state index in [1.54, 1.807) is 20.3 Å². The number of aryl methyl sites for hydroxylation is 1. The minimum atomic E-state index is -0.301. The van der Waals surface area contributed by atoms with Crippen molar-refractivity contribution in [3.8, 4) is 11.5 Å². The van der Waals surface area contributed by atoms with Crippen molar-refractivity contribution in [2.75, 3.05) is 21.3 Å². The monoisotopic (exact) mass is 368 g/mol. The van der Waals surface area contributed by atoms with Crippen LogP contribution in [-0.2, 0) is 19.5 Å². The Hall–Kier alpha value is -2.79. The van der Waals surface area contributed by atoms with E-state index in [0.29, 0.717) is 5.58 Å². The van der Waals surface area contributed by atoms with Crippen LogP contribution in [-0.4, -0.2) is 21.3 Å². The largest absolute Gasteiger partial charge is 0.493 e.